The Hall–Kier alpha value is -2.82. The Morgan fingerprint density at radius 2 is 1.95 bits per heavy atom. The van der Waals surface area contributed by atoms with Crippen LogP contribution in [0.15, 0.2) is 47.6 Å². The zero-order chi connectivity index (χ0) is 14.5. The highest BCUT2D eigenvalue weighted by Gasteiger charge is 2.05. The Bertz CT molecular complexity index is 666. The molecule has 5 nitrogen and oxygen atoms in total. The second-order valence-electron chi connectivity index (χ2n) is 4.28. The van der Waals surface area contributed by atoms with E-state index in [0.717, 1.165) is 5.56 Å². The molecule has 0 bridgehead atoms. The molecule has 0 fully saturated rings. The van der Waals surface area contributed by atoms with E-state index in [0.29, 0.717) is 11.1 Å². The van der Waals surface area contributed by atoms with Crippen LogP contribution < -0.4 is 5.43 Å². The maximum absolute atomic E-state index is 11.8. The van der Waals surface area contributed by atoms with Crippen LogP contribution in [0.5, 0.6) is 11.5 Å². The Morgan fingerprint density at radius 1 is 1.20 bits per heavy atom. The summed E-state index contributed by atoms with van der Waals surface area (Å²) in [6, 6.07) is 11.6. The van der Waals surface area contributed by atoms with Gasteiger partial charge in [-0.1, -0.05) is 23.8 Å². The van der Waals surface area contributed by atoms with Gasteiger partial charge in [0.1, 0.15) is 0 Å². The van der Waals surface area contributed by atoms with E-state index >= 15 is 0 Å². The first-order valence-electron chi connectivity index (χ1n) is 5.99. The predicted molar refractivity (Wildman–Crippen MR) is 76.0 cm³/mol. The second kappa shape index (κ2) is 5.88. The largest absolute Gasteiger partial charge is 0.504 e. The van der Waals surface area contributed by atoms with E-state index < -0.39 is 0 Å². The lowest BCUT2D eigenvalue weighted by Gasteiger charge is -2.02. The van der Waals surface area contributed by atoms with Crippen LogP contribution in [0.25, 0.3) is 0 Å². The number of aromatic hydroxyl groups is 2. The summed E-state index contributed by atoms with van der Waals surface area (Å²) < 4.78 is 0. The minimum atomic E-state index is -0.343. The van der Waals surface area contributed by atoms with Gasteiger partial charge in [0.2, 0.25) is 0 Å². The Labute approximate surface area is 116 Å². The molecule has 2 aromatic carbocycles. The van der Waals surface area contributed by atoms with Gasteiger partial charge >= 0.3 is 0 Å². The molecular formula is C15H14N2O3. The van der Waals surface area contributed by atoms with Gasteiger partial charge in [0, 0.05) is 11.1 Å². The van der Waals surface area contributed by atoms with Crippen molar-refractivity contribution in [3.63, 3.8) is 0 Å². The van der Waals surface area contributed by atoms with Crippen molar-refractivity contribution in [2.24, 2.45) is 5.10 Å². The van der Waals surface area contributed by atoms with Gasteiger partial charge < -0.3 is 10.2 Å². The van der Waals surface area contributed by atoms with Crippen LogP contribution in [0.3, 0.4) is 0 Å². The minimum absolute atomic E-state index is 0.237. The fourth-order valence-corrected chi connectivity index (χ4v) is 1.66. The standard InChI is InChI=1S/C15H14N2O3/c1-10-4-2-5-11(8-10)15(20)17-16-9-12-6-3-7-13(18)14(12)19/h2-9,18-19H,1H3,(H,17,20). The van der Waals surface area contributed by atoms with E-state index in [2.05, 4.69) is 10.5 Å². The number of phenolic OH excluding ortho intramolecular Hbond substituents is 2. The number of hydrazone groups is 1. The number of nitrogens with one attached hydrogen (secondary N) is 1. The van der Waals surface area contributed by atoms with Gasteiger partial charge in [-0.25, -0.2) is 5.43 Å². The molecule has 0 aliphatic heterocycles. The maximum atomic E-state index is 11.8. The average molecular weight is 270 g/mol. The van der Waals surface area contributed by atoms with E-state index in [1.807, 2.05) is 13.0 Å². The van der Waals surface area contributed by atoms with Crippen molar-refractivity contribution in [1.29, 1.82) is 0 Å². The lowest BCUT2D eigenvalue weighted by atomic mass is 10.1. The summed E-state index contributed by atoms with van der Waals surface area (Å²) in [6.45, 7) is 1.89. The molecule has 20 heavy (non-hydrogen) atoms. The van der Waals surface area contributed by atoms with Crippen LogP contribution in [0.1, 0.15) is 21.5 Å². The smallest absolute Gasteiger partial charge is 0.271 e. The molecule has 1 amide bonds. The fraction of sp³-hybridized carbons (Fsp3) is 0.0667. The molecule has 2 rings (SSSR count). The second-order valence-corrected chi connectivity index (χ2v) is 4.28. The summed E-state index contributed by atoms with van der Waals surface area (Å²) in [4.78, 5) is 11.8. The molecule has 102 valence electrons. The van der Waals surface area contributed by atoms with Gasteiger partial charge in [0.05, 0.1) is 6.21 Å². The zero-order valence-corrected chi connectivity index (χ0v) is 10.9. The molecule has 5 heteroatoms. The van der Waals surface area contributed by atoms with Crippen LogP contribution in [-0.2, 0) is 0 Å². The number of aryl methyl sites for hydroxylation is 1. The SMILES string of the molecule is Cc1cccc(C(=O)NN=Cc2cccc(O)c2O)c1. The number of phenols is 2. The number of para-hydroxylation sites is 1. The van der Waals surface area contributed by atoms with E-state index in [-0.39, 0.29) is 17.4 Å². The summed E-state index contributed by atoms with van der Waals surface area (Å²) in [5.74, 6) is -0.857. The highest BCUT2D eigenvalue weighted by atomic mass is 16.3. The van der Waals surface area contributed by atoms with E-state index in [9.17, 15) is 15.0 Å². The summed E-state index contributed by atoms with van der Waals surface area (Å²) >= 11 is 0. The molecule has 0 saturated carbocycles. The summed E-state index contributed by atoms with van der Waals surface area (Å²) in [7, 11) is 0. The minimum Gasteiger partial charge on any atom is -0.504 e. The quantitative estimate of drug-likeness (QED) is 0.454. The third-order valence-electron chi connectivity index (χ3n) is 2.70. The monoisotopic (exact) mass is 270 g/mol. The number of benzene rings is 2. The van der Waals surface area contributed by atoms with Crippen molar-refractivity contribution in [3.05, 3.63) is 59.2 Å². The Balaban J connectivity index is 2.07. The van der Waals surface area contributed by atoms with Crippen LogP contribution in [0.4, 0.5) is 0 Å². The van der Waals surface area contributed by atoms with Crippen molar-refractivity contribution in [1.82, 2.24) is 5.43 Å². The number of carbonyl (C=O) groups is 1. The van der Waals surface area contributed by atoms with Crippen LogP contribution in [-0.4, -0.2) is 22.3 Å². The van der Waals surface area contributed by atoms with Gasteiger partial charge in [0.25, 0.3) is 5.91 Å². The number of hydrogen-bond acceptors (Lipinski definition) is 4. The van der Waals surface area contributed by atoms with Gasteiger partial charge in [0.15, 0.2) is 11.5 Å². The number of rotatable bonds is 3. The van der Waals surface area contributed by atoms with E-state index in [1.165, 1.54) is 12.3 Å². The summed E-state index contributed by atoms with van der Waals surface area (Å²) in [5.41, 5.74) is 4.15. The van der Waals surface area contributed by atoms with Crippen LogP contribution in [0.2, 0.25) is 0 Å². The van der Waals surface area contributed by atoms with Gasteiger partial charge in [-0.15, -0.1) is 0 Å². The Kier molecular flexibility index (Phi) is 4.00. The molecule has 0 heterocycles. The average Bonchev–Trinajstić information content (AvgIpc) is 2.43. The lowest BCUT2D eigenvalue weighted by Crippen LogP contribution is -2.17. The molecule has 0 radical (unpaired) electrons. The molecule has 0 aliphatic rings. The molecule has 3 N–H and O–H groups in total. The molecule has 0 saturated heterocycles. The van der Waals surface area contributed by atoms with Crippen molar-refractivity contribution in [3.8, 4) is 11.5 Å². The highest BCUT2D eigenvalue weighted by molar-refractivity contribution is 5.95. The molecule has 0 aliphatic carbocycles. The molecule has 0 unspecified atom stereocenters. The molecule has 0 spiro atoms. The number of carbonyl (C=O) groups excluding carboxylic acids is 1. The van der Waals surface area contributed by atoms with Crippen LogP contribution in [0, 0.1) is 6.92 Å². The highest BCUT2D eigenvalue weighted by Crippen LogP contribution is 2.26. The Morgan fingerprint density at radius 3 is 2.70 bits per heavy atom. The molecule has 2 aromatic rings. The van der Waals surface area contributed by atoms with Crippen molar-refractivity contribution in [2.45, 2.75) is 6.92 Å². The first-order valence-corrected chi connectivity index (χ1v) is 5.99. The van der Waals surface area contributed by atoms with Crippen LogP contribution >= 0.6 is 0 Å². The van der Waals surface area contributed by atoms with E-state index in [1.54, 1.807) is 30.3 Å². The fourth-order valence-electron chi connectivity index (χ4n) is 1.66. The number of nitrogens with zero attached hydrogens (tertiary/aromatic N) is 1. The van der Waals surface area contributed by atoms with Gasteiger partial charge in [-0.3, -0.25) is 4.79 Å². The summed E-state index contributed by atoms with van der Waals surface area (Å²) in [5, 5.41) is 22.6. The van der Waals surface area contributed by atoms with Crippen molar-refractivity contribution < 1.29 is 15.0 Å². The topological polar surface area (TPSA) is 81.9 Å². The van der Waals surface area contributed by atoms with E-state index in [4.69, 9.17) is 0 Å². The first-order chi connectivity index (χ1) is 9.58. The maximum Gasteiger partial charge on any atom is 0.271 e. The zero-order valence-electron chi connectivity index (χ0n) is 10.9. The number of hydrogen-bond donors (Lipinski definition) is 3. The lowest BCUT2D eigenvalue weighted by molar-refractivity contribution is 0.0955. The van der Waals surface area contributed by atoms with Crippen molar-refractivity contribution in [2.75, 3.05) is 0 Å². The molecule has 0 aromatic heterocycles. The summed E-state index contributed by atoms with van der Waals surface area (Å²) in [6.07, 6.45) is 1.27. The third-order valence-corrected chi connectivity index (χ3v) is 2.70. The predicted octanol–water partition coefficient (Wildman–Crippen LogP) is 2.17. The normalized spacial score (nSPS) is 10.7. The first kappa shape index (κ1) is 13.6. The molecular weight excluding hydrogens is 256 g/mol. The number of amides is 1. The van der Waals surface area contributed by atoms with Gasteiger partial charge in [-0.05, 0) is 31.2 Å². The third kappa shape index (κ3) is 3.14. The van der Waals surface area contributed by atoms with Gasteiger partial charge in [-0.2, -0.15) is 5.10 Å². The molecule has 0 atom stereocenters. The van der Waals surface area contributed by atoms with Crippen molar-refractivity contribution >= 4 is 12.1 Å².